The summed E-state index contributed by atoms with van der Waals surface area (Å²) in [5, 5.41) is 2.72. The second-order valence-electron chi connectivity index (χ2n) is 5.49. The first-order chi connectivity index (χ1) is 10.6. The number of hydrogen-bond acceptors (Lipinski definition) is 3. The van der Waals surface area contributed by atoms with Gasteiger partial charge in [-0.2, -0.15) is 0 Å². The number of carbonyl (C=O) groups is 2. The lowest BCUT2D eigenvalue weighted by Gasteiger charge is -2.07. The van der Waals surface area contributed by atoms with E-state index in [4.69, 9.17) is 0 Å². The lowest BCUT2D eigenvalue weighted by molar-refractivity contribution is -0.116. The Morgan fingerprint density at radius 3 is 2.41 bits per heavy atom. The molecule has 0 aliphatic rings. The van der Waals surface area contributed by atoms with Crippen LogP contribution >= 0.6 is 0 Å². The van der Waals surface area contributed by atoms with Crippen molar-refractivity contribution in [3.63, 3.8) is 0 Å². The summed E-state index contributed by atoms with van der Waals surface area (Å²) >= 11 is 0. The minimum absolute atomic E-state index is 0.0170. The van der Waals surface area contributed by atoms with Crippen LogP contribution in [0.4, 0.5) is 5.69 Å². The van der Waals surface area contributed by atoms with E-state index in [1.165, 1.54) is 5.56 Å². The molecule has 0 spiro atoms. The number of ketones is 1. The van der Waals surface area contributed by atoms with Gasteiger partial charge in [0.2, 0.25) is 5.91 Å². The molecule has 0 radical (unpaired) electrons. The summed E-state index contributed by atoms with van der Waals surface area (Å²) in [7, 11) is 0. The molecular formula is C18H20N2O2. The van der Waals surface area contributed by atoms with Crippen LogP contribution in [0.5, 0.6) is 0 Å². The summed E-state index contributed by atoms with van der Waals surface area (Å²) in [5.41, 5.74) is 2.49. The van der Waals surface area contributed by atoms with Gasteiger partial charge in [-0.05, 0) is 23.6 Å². The second kappa shape index (κ2) is 7.50. The van der Waals surface area contributed by atoms with Crippen molar-refractivity contribution in [2.75, 3.05) is 5.32 Å². The van der Waals surface area contributed by atoms with Crippen LogP contribution in [-0.4, -0.2) is 16.7 Å². The van der Waals surface area contributed by atoms with Gasteiger partial charge >= 0.3 is 0 Å². The zero-order valence-corrected chi connectivity index (χ0v) is 12.9. The molecule has 0 aliphatic carbocycles. The summed E-state index contributed by atoms with van der Waals surface area (Å²) < 4.78 is 0. The highest BCUT2D eigenvalue weighted by molar-refractivity contribution is 5.99. The Morgan fingerprint density at radius 2 is 1.82 bits per heavy atom. The Balaban J connectivity index is 1.85. The Labute approximate surface area is 130 Å². The summed E-state index contributed by atoms with van der Waals surface area (Å²) in [5.74, 6) is 0.242. The summed E-state index contributed by atoms with van der Waals surface area (Å²) in [6.07, 6.45) is 3.58. The first kappa shape index (κ1) is 15.9. The molecule has 1 aromatic heterocycles. The van der Waals surface area contributed by atoms with Gasteiger partial charge in [-0.3, -0.25) is 14.6 Å². The third-order valence-electron chi connectivity index (χ3n) is 3.42. The number of benzene rings is 1. The van der Waals surface area contributed by atoms with E-state index in [2.05, 4.69) is 24.1 Å². The van der Waals surface area contributed by atoms with Gasteiger partial charge in [-0.1, -0.05) is 38.1 Å². The van der Waals surface area contributed by atoms with Crippen molar-refractivity contribution in [1.82, 2.24) is 4.98 Å². The van der Waals surface area contributed by atoms with Gasteiger partial charge in [-0.15, -0.1) is 0 Å². The maximum Gasteiger partial charge on any atom is 0.224 e. The van der Waals surface area contributed by atoms with Gasteiger partial charge in [0.1, 0.15) is 0 Å². The van der Waals surface area contributed by atoms with E-state index in [1.54, 1.807) is 24.5 Å². The summed E-state index contributed by atoms with van der Waals surface area (Å²) in [4.78, 5) is 27.8. The van der Waals surface area contributed by atoms with Crippen molar-refractivity contribution in [1.29, 1.82) is 0 Å². The van der Waals surface area contributed by atoms with Crippen LogP contribution in [0.15, 0.2) is 48.8 Å². The number of Topliss-reactive ketones (excluding diaryl/α,β-unsaturated/α-hetero) is 1. The molecule has 0 saturated heterocycles. The van der Waals surface area contributed by atoms with Crippen molar-refractivity contribution < 1.29 is 9.59 Å². The quantitative estimate of drug-likeness (QED) is 0.825. The van der Waals surface area contributed by atoms with E-state index in [9.17, 15) is 9.59 Å². The molecule has 0 bridgehead atoms. The standard InChI is InChI=1S/C18H20N2O2/c1-13(2)14-5-7-15(8-6-14)17(21)9-10-18(22)20-16-4-3-11-19-12-16/h3-8,11-13H,9-10H2,1-2H3,(H,20,22). The summed E-state index contributed by atoms with van der Waals surface area (Å²) in [6.45, 7) is 4.22. The molecule has 114 valence electrons. The normalized spacial score (nSPS) is 10.5. The molecule has 1 N–H and O–H groups in total. The molecule has 0 saturated carbocycles. The molecule has 0 unspecified atom stereocenters. The molecule has 1 amide bonds. The molecular weight excluding hydrogens is 276 g/mol. The molecule has 1 aromatic carbocycles. The van der Waals surface area contributed by atoms with Crippen LogP contribution in [-0.2, 0) is 4.79 Å². The van der Waals surface area contributed by atoms with Crippen LogP contribution in [0.1, 0.15) is 48.5 Å². The minimum Gasteiger partial charge on any atom is -0.325 e. The third kappa shape index (κ3) is 4.52. The van der Waals surface area contributed by atoms with Crippen LogP contribution in [0, 0.1) is 0 Å². The SMILES string of the molecule is CC(C)c1ccc(C(=O)CCC(=O)Nc2cccnc2)cc1. The minimum atomic E-state index is -0.180. The first-order valence-electron chi connectivity index (χ1n) is 7.39. The van der Waals surface area contributed by atoms with E-state index in [0.717, 1.165) is 0 Å². The predicted molar refractivity (Wildman–Crippen MR) is 87.0 cm³/mol. The van der Waals surface area contributed by atoms with Crippen LogP contribution in [0.25, 0.3) is 0 Å². The molecule has 2 aromatic rings. The Morgan fingerprint density at radius 1 is 1.09 bits per heavy atom. The number of nitrogens with zero attached hydrogens (tertiary/aromatic N) is 1. The van der Waals surface area contributed by atoms with E-state index in [0.29, 0.717) is 17.2 Å². The zero-order valence-electron chi connectivity index (χ0n) is 12.9. The van der Waals surface area contributed by atoms with E-state index >= 15 is 0 Å². The van der Waals surface area contributed by atoms with Gasteiger partial charge in [0.25, 0.3) is 0 Å². The zero-order chi connectivity index (χ0) is 15.9. The van der Waals surface area contributed by atoms with Crippen molar-refractivity contribution in [2.45, 2.75) is 32.6 Å². The Bertz CT molecular complexity index is 634. The highest BCUT2D eigenvalue weighted by Gasteiger charge is 2.10. The number of amides is 1. The first-order valence-corrected chi connectivity index (χ1v) is 7.39. The molecule has 22 heavy (non-hydrogen) atoms. The lowest BCUT2D eigenvalue weighted by Crippen LogP contribution is -2.13. The van der Waals surface area contributed by atoms with Gasteiger partial charge in [-0.25, -0.2) is 0 Å². The maximum absolute atomic E-state index is 12.1. The highest BCUT2D eigenvalue weighted by atomic mass is 16.2. The molecule has 0 atom stereocenters. The number of pyridine rings is 1. The third-order valence-corrected chi connectivity index (χ3v) is 3.42. The number of anilines is 1. The number of aromatic nitrogens is 1. The number of rotatable bonds is 6. The molecule has 4 heteroatoms. The Hall–Kier alpha value is -2.49. The fourth-order valence-electron chi connectivity index (χ4n) is 2.09. The van der Waals surface area contributed by atoms with Gasteiger partial charge in [0.15, 0.2) is 5.78 Å². The predicted octanol–water partition coefficient (Wildman–Crippen LogP) is 3.81. The highest BCUT2D eigenvalue weighted by Crippen LogP contribution is 2.16. The van der Waals surface area contributed by atoms with Crippen LogP contribution in [0.3, 0.4) is 0 Å². The topological polar surface area (TPSA) is 59.1 Å². The number of carbonyl (C=O) groups excluding carboxylic acids is 2. The molecule has 2 rings (SSSR count). The monoisotopic (exact) mass is 296 g/mol. The van der Waals surface area contributed by atoms with E-state index in [1.807, 2.05) is 24.3 Å². The molecule has 4 nitrogen and oxygen atoms in total. The molecule has 1 heterocycles. The number of nitrogens with one attached hydrogen (secondary N) is 1. The average Bonchev–Trinajstić information content (AvgIpc) is 2.53. The van der Waals surface area contributed by atoms with Crippen LogP contribution in [0.2, 0.25) is 0 Å². The van der Waals surface area contributed by atoms with Gasteiger partial charge < -0.3 is 5.32 Å². The van der Waals surface area contributed by atoms with Crippen molar-refractivity contribution in [3.8, 4) is 0 Å². The fourth-order valence-corrected chi connectivity index (χ4v) is 2.09. The van der Waals surface area contributed by atoms with E-state index in [-0.39, 0.29) is 24.5 Å². The lowest BCUT2D eigenvalue weighted by atomic mass is 9.99. The molecule has 0 fully saturated rings. The average molecular weight is 296 g/mol. The van der Waals surface area contributed by atoms with Crippen molar-refractivity contribution in [2.24, 2.45) is 0 Å². The maximum atomic E-state index is 12.1. The number of hydrogen-bond donors (Lipinski definition) is 1. The van der Waals surface area contributed by atoms with E-state index < -0.39 is 0 Å². The summed E-state index contributed by atoms with van der Waals surface area (Å²) in [6, 6.07) is 11.1. The smallest absolute Gasteiger partial charge is 0.224 e. The van der Waals surface area contributed by atoms with Gasteiger partial charge in [0.05, 0.1) is 11.9 Å². The van der Waals surface area contributed by atoms with Crippen LogP contribution < -0.4 is 5.32 Å². The fraction of sp³-hybridized carbons (Fsp3) is 0.278. The molecule has 0 aliphatic heterocycles. The second-order valence-corrected chi connectivity index (χ2v) is 5.49. The van der Waals surface area contributed by atoms with Crippen molar-refractivity contribution >= 4 is 17.4 Å². The largest absolute Gasteiger partial charge is 0.325 e. The Kier molecular flexibility index (Phi) is 5.42. The van der Waals surface area contributed by atoms with Crippen molar-refractivity contribution in [3.05, 3.63) is 59.9 Å². The van der Waals surface area contributed by atoms with Gasteiger partial charge in [0, 0.05) is 24.6 Å².